The van der Waals surface area contributed by atoms with Gasteiger partial charge in [-0.1, -0.05) is 6.07 Å². The van der Waals surface area contributed by atoms with Crippen LogP contribution in [0.15, 0.2) is 24.3 Å². The number of rotatable bonds is 4. The van der Waals surface area contributed by atoms with E-state index >= 15 is 0 Å². The first-order chi connectivity index (χ1) is 9.99. The van der Waals surface area contributed by atoms with Crippen molar-refractivity contribution < 1.29 is 0 Å². The van der Waals surface area contributed by atoms with Crippen LogP contribution in [-0.2, 0) is 6.42 Å². The minimum absolute atomic E-state index is 0.221. The van der Waals surface area contributed by atoms with Crippen molar-refractivity contribution in [2.45, 2.75) is 40.2 Å². The smallest absolute Gasteiger partial charge is 0.126 e. The molecule has 0 radical (unpaired) electrons. The highest BCUT2D eigenvalue weighted by atomic mass is 15.0. The van der Waals surface area contributed by atoms with Crippen LogP contribution < -0.4 is 5.32 Å². The lowest BCUT2D eigenvalue weighted by atomic mass is 10.1. The first kappa shape index (κ1) is 15.0. The van der Waals surface area contributed by atoms with Gasteiger partial charge >= 0.3 is 0 Å². The number of nitriles is 1. The Morgan fingerprint density at radius 1 is 1.24 bits per heavy atom. The molecular weight excluding hydrogens is 260 g/mol. The molecule has 0 amide bonds. The molecule has 4 heteroatoms. The first-order valence-corrected chi connectivity index (χ1v) is 7.07. The molecule has 21 heavy (non-hydrogen) atoms. The summed E-state index contributed by atoms with van der Waals surface area (Å²) in [5.41, 5.74) is 4.47. The van der Waals surface area contributed by atoms with Crippen LogP contribution >= 0.6 is 0 Å². The van der Waals surface area contributed by atoms with Crippen molar-refractivity contribution in [2.24, 2.45) is 0 Å². The highest BCUT2D eigenvalue weighted by Gasteiger charge is 2.09. The fourth-order valence-electron chi connectivity index (χ4n) is 2.40. The van der Waals surface area contributed by atoms with Gasteiger partial charge in [0.15, 0.2) is 0 Å². The standard InChI is InChI=1S/C17H20N4/c1-11-8-17(21-14(4)16(11)10-18)20-13(3)9-15-7-5-6-12(2)19-15/h5-8,13H,9H2,1-4H3,(H,20,21). The third kappa shape index (κ3) is 3.79. The summed E-state index contributed by atoms with van der Waals surface area (Å²) in [6.07, 6.45) is 0.835. The third-order valence-electron chi connectivity index (χ3n) is 3.36. The zero-order valence-electron chi connectivity index (χ0n) is 12.9. The van der Waals surface area contributed by atoms with Crippen molar-refractivity contribution in [3.05, 3.63) is 52.5 Å². The normalized spacial score (nSPS) is 11.8. The maximum Gasteiger partial charge on any atom is 0.126 e. The highest BCUT2D eigenvalue weighted by molar-refractivity contribution is 5.49. The fourth-order valence-corrected chi connectivity index (χ4v) is 2.40. The SMILES string of the molecule is Cc1cccc(CC(C)Nc2cc(C)c(C#N)c(C)n2)n1. The van der Waals surface area contributed by atoms with Crippen LogP contribution in [0.2, 0.25) is 0 Å². The Labute approximate surface area is 125 Å². The molecular formula is C17H20N4. The van der Waals surface area contributed by atoms with E-state index in [2.05, 4.69) is 28.3 Å². The molecule has 0 aliphatic heterocycles. The van der Waals surface area contributed by atoms with Gasteiger partial charge in [0.1, 0.15) is 11.9 Å². The molecule has 1 unspecified atom stereocenters. The molecule has 0 bridgehead atoms. The Morgan fingerprint density at radius 3 is 2.62 bits per heavy atom. The van der Waals surface area contributed by atoms with Gasteiger partial charge in [-0.15, -0.1) is 0 Å². The monoisotopic (exact) mass is 280 g/mol. The molecule has 2 aromatic heterocycles. The maximum atomic E-state index is 9.07. The first-order valence-electron chi connectivity index (χ1n) is 7.07. The molecule has 0 spiro atoms. The maximum absolute atomic E-state index is 9.07. The van der Waals surface area contributed by atoms with Gasteiger partial charge in [0.25, 0.3) is 0 Å². The Hall–Kier alpha value is -2.41. The molecule has 0 aliphatic carbocycles. The van der Waals surface area contributed by atoms with Crippen molar-refractivity contribution in [2.75, 3.05) is 5.32 Å². The van der Waals surface area contributed by atoms with Crippen molar-refractivity contribution in [3.8, 4) is 6.07 Å². The number of aromatic nitrogens is 2. The van der Waals surface area contributed by atoms with Crippen LogP contribution in [0.1, 0.15) is 35.1 Å². The Bertz CT molecular complexity index is 662. The van der Waals surface area contributed by atoms with Gasteiger partial charge in [0.2, 0.25) is 0 Å². The number of hydrogen-bond donors (Lipinski definition) is 1. The summed E-state index contributed by atoms with van der Waals surface area (Å²) in [6, 6.07) is 10.4. The molecule has 0 aromatic carbocycles. The van der Waals surface area contributed by atoms with Gasteiger partial charge in [-0.05, 0) is 51.5 Å². The van der Waals surface area contributed by atoms with E-state index in [1.54, 1.807) is 0 Å². The second kappa shape index (κ2) is 6.36. The lowest BCUT2D eigenvalue weighted by Gasteiger charge is -2.16. The summed E-state index contributed by atoms with van der Waals surface area (Å²) in [4.78, 5) is 8.96. The van der Waals surface area contributed by atoms with Crippen LogP contribution in [0.4, 0.5) is 5.82 Å². The number of nitrogens with one attached hydrogen (secondary N) is 1. The molecule has 4 nitrogen and oxygen atoms in total. The predicted octanol–water partition coefficient (Wildman–Crippen LogP) is 3.32. The molecule has 108 valence electrons. The summed E-state index contributed by atoms with van der Waals surface area (Å²) in [6.45, 7) is 7.90. The lowest BCUT2D eigenvalue weighted by Crippen LogP contribution is -2.20. The lowest BCUT2D eigenvalue weighted by molar-refractivity contribution is 0.761. The van der Waals surface area contributed by atoms with E-state index in [1.807, 2.05) is 45.0 Å². The number of pyridine rings is 2. The van der Waals surface area contributed by atoms with Crippen molar-refractivity contribution >= 4 is 5.82 Å². The summed E-state index contributed by atoms with van der Waals surface area (Å²) in [5.74, 6) is 0.809. The van der Waals surface area contributed by atoms with E-state index in [4.69, 9.17) is 5.26 Å². The van der Waals surface area contributed by atoms with Crippen molar-refractivity contribution in [1.82, 2.24) is 9.97 Å². The van der Waals surface area contributed by atoms with Crippen LogP contribution in [0, 0.1) is 32.1 Å². The zero-order chi connectivity index (χ0) is 15.4. The minimum atomic E-state index is 0.221. The summed E-state index contributed by atoms with van der Waals surface area (Å²) in [7, 11) is 0. The Balaban J connectivity index is 2.10. The second-order valence-corrected chi connectivity index (χ2v) is 5.42. The summed E-state index contributed by atoms with van der Waals surface area (Å²) < 4.78 is 0. The summed E-state index contributed by atoms with van der Waals surface area (Å²) >= 11 is 0. The average molecular weight is 280 g/mol. The van der Waals surface area contributed by atoms with E-state index in [-0.39, 0.29) is 6.04 Å². The number of hydrogen-bond acceptors (Lipinski definition) is 4. The minimum Gasteiger partial charge on any atom is -0.367 e. The number of nitrogens with zero attached hydrogens (tertiary/aromatic N) is 3. The van der Waals surface area contributed by atoms with Crippen molar-refractivity contribution in [1.29, 1.82) is 5.26 Å². The summed E-state index contributed by atoms with van der Waals surface area (Å²) in [5, 5.41) is 12.5. The highest BCUT2D eigenvalue weighted by Crippen LogP contribution is 2.16. The van der Waals surface area contributed by atoms with Crippen LogP contribution in [-0.4, -0.2) is 16.0 Å². The van der Waals surface area contributed by atoms with E-state index in [0.717, 1.165) is 34.9 Å². The quantitative estimate of drug-likeness (QED) is 0.933. The molecule has 2 rings (SSSR count). The van der Waals surface area contributed by atoms with E-state index in [1.165, 1.54) is 0 Å². The van der Waals surface area contributed by atoms with E-state index in [0.29, 0.717) is 5.56 Å². The number of anilines is 1. The van der Waals surface area contributed by atoms with Crippen molar-refractivity contribution in [3.63, 3.8) is 0 Å². The molecule has 2 aromatic rings. The molecule has 0 fully saturated rings. The Morgan fingerprint density at radius 2 is 2.00 bits per heavy atom. The molecule has 1 atom stereocenters. The largest absolute Gasteiger partial charge is 0.367 e. The van der Waals surface area contributed by atoms with Gasteiger partial charge in [-0.3, -0.25) is 4.98 Å². The third-order valence-corrected chi connectivity index (χ3v) is 3.36. The van der Waals surface area contributed by atoms with Crippen LogP contribution in [0.3, 0.4) is 0 Å². The molecule has 1 N–H and O–H groups in total. The Kier molecular flexibility index (Phi) is 4.54. The molecule has 2 heterocycles. The van der Waals surface area contributed by atoms with Gasteiger partial charge in [0, 0.05) is 23.9 Å². The molecule has 0 aliphatic rings. The second-order valence-electron chi connectivity index (χ2n) is 5.42. The number of aryl methyl sites for hydroxylation is 3. The van der Waals surface area contributed by atoms with Gasteiger partial charge in [0.05, 0.1) is 11.3 Å². The van der Waals surface area contributed by atoms with E-state index < -0.39 is 0 Å². The van der Waals surface area contributed by atoms with Gasteiger partial charge in [-0.2, -0.15) is 5.26 Å². The van der Waals surface area contributed by atoms with Gasteiger partial charge in [-0.25, -0.2) is 4.98 Å². The van der Waals surface area contributed by atoms with Crippen LogP contribution in [0.5, 0.6) is 0 Å². The van der Waals surface area contributed by atoms with Gasteiger partial charge < -0.3 is 5.32 Å². The zero-order valence-corrected chi connectivity index (χ0v) is 12.9. The predicted molar refractivity (Wildman–Crippen MR) is 84.2 cm³/mol. The molecule has 0 saturated carbocycles. The fraction of sp³-hybridized carbons (Fsp3) is 0.353. The average Bonchev–Trinajstić information content (AvgIpc) is 2.38. The van der Waals surface area contributed by atoms with E-state index in [9.17, 15) is 0 Å². The van der Waals surface area contributed by atoms with Crippen LogP contribution in [0.25, 0.3) is 0 Å². The topological polar surface area (TPSA) is 61.6 Å². The molecule has 0 saturated heterocycles.